The number of carboxylic acid groups (broad SMARTS) is 1. The van der Waals surface area contributed by atoms with Crippen molar-refractivity contribution in [1.29, 1.82) is 0 Å². The van der Waals surface area contributed by atoms with Crippen LogP contribution in [0.4, 0.5) is 4.79 Å². The summed E-state index contributed by atoms with van der Waals surface area (Å²) in [6.45, 7) is 0.210. The lowest BCUT2D eigenvalue weighted by molar-refractivity contribution is -0.142. The van der Waals surface area contributed by atoms with Gasteiger partial charge in [-0.15, -0.1) is 0 Å². The second-order valence-electron chi connectivity index (χ2n) is 3.47. The molecule has 15 heavy (non-hydrogen) atoms. The summed E-state index contributed by atoms with van der Waals surface area (Å²) in [5.41, 5.74) is 0. The number of rotatable bonds is 6. The highest BCUT2D eigenvalue weighted by atomic mass is 16.5. The van der Waals surface area contributed by atoms with Crippen LogP contribution >= 0.6 is 0 Å². The zero-order valence-electron chi connectivity index (χ0n) is 8.49. The second-order valence-corrected chi connectivity index (χ2v) is 3.47. The molecule has 3 N–H and O–H groups in total. The second kappa shape index (κ2) is 6.23. The first kappa shape index (κ1) is 11.8. The number of carbonyl (C=O) groups is 2. The summed E-state index contributed by atoms with van der Waals surface area (Å²) >= 11 is 0. The number of hydrogen-bond donors (Lipinski definition) is 3. The van der Waals surface area contributed by atoms with E-state index in [2.05, 4.69) is 10.6 Å². The molecule has 0 radical (unpaired) electrons. The fourth-order valence-corrected chi connectivity index (χ4v) is 1.19. The van der Waals surface area contributed by atoms with Crippen molar-refractivity contribution in [2.24, 2.45) is 0 Å². The lowest BCUT2D eigenvalue weighted by atomic mass is 9.93. The molecule has 0 aliphatic heterocycles. The van der Waals surface area contributed by atoms with Gasteiger partial charge in [0.25, 0.3) is 0 Å². The standard InChI is InChI=1S/C9H16N2O4/c12-8(13)6-15-5-4-10-9(14)11-7-2-1-3-7/h7H,1-6H2,(H,12,13)(H2,10,11,14). The number of carboxylic acids is 1. The number of aliphatic carboxylic acids is 1. The van der Waals surface area contributed by atoms with Gasteiger partial charge in [-0.25, -0.2) is 9.59 Å². The van der Waals surface area contributed by atoms with Gasteiger partial charge in [0.15, 0.2) is 0 Å². The van der Waals surface area contributed by atoms with Gasteiger partial charge in [0, 0.05) is 12.6 Å². The van der Waals surface area contributed by atoms with Gasteiger partial charge in [-0.3, -0.25) is 0 Å². The molecule has 0 bridgehead atoms. The van der Waals surface area contributed by atoms with Gasteiger partial charge >= 0.3 is 12.0 Å². The smallest absolute Gasteiger partial charge is 0.329 e. The molecule has 6 nitrogen and oxygen atoms in total. The quantitative estimate of drug-likeness (QED) is 0.543. The Morgan fingerprint density at radius 1 is 1.40 bits per heavy atom. The number of ether oxygens (including phenoxy) is 1. The molecule has 1 aliphatic carbocycles. The maximum absolute atomic E-state index is 11.1. The maximum Gasteiger partial charge on any atom is 0.329 e. The van der Waals surface area contributed by atoms with E-state index in [0.717, 1.165) is 12.8 Å². The Balaban J connectivity index is 1.90. The Labute approximate surface area is 88.0 Å². The van der Waals surface area contributed by atoms with Gasteiger partial charge < -0.3 is 20.5 Å². The largest absolute Gasteiger partial charge is 0.480 e. The van der Waals surface area contributed by atoms with Crippen LogP contribution in [0.25, 0.3) is 0 Å². The van der Waals surface area contributed by atoms with Gasteiger partial charge in [0.2, 0.25) is 0 Å². The highest BCUT2D eigenvalue weighted by molar-refractivity contribution is 5.74. The molecular weight excluding hydrogens is 200 g/mol. The van der Waals surface area contributed by atoms with Gasteiger partial charge in [0.05, 0.1) is 6.61 Å². The topological polar surface area (TPSA) is 87.7 Å². The summed E-state index contributed by atoms with van der Waals surface area (Å²) in [6, 6.07) is 0.101. The molecule has 2 amide bonds. The average molecular weight is 216 g/mol. The van der Waals surface area contributed by atoms with Crippen molar-refractivity contribution in [3.63, 3.8) is 0 Å². The fourth-order valence-electron chi connectivity index (χ4n) is 1.19. The van der Waals surface area contributed by atoms with Crippen molar-refractivity contribution in [2.45, 2.75) is 25.3 Å². The van der Waals surface area contributed by atoms with E-state index in [1.54, 1.807) is 0 Å². The predicted octanol–water partition coefficient (Wildman–Crippen LogP) is -0.0607. The van der Waals surface area contributed by atoms with Crippen molar-refractivity contribution < 1.29 is 19.4 Å². The molecule has 0 aromatic heterocycles. The van der Waals surface area contributed by atoms with Crippen LogP contribution in [0.2, 0.25) is 0 Å². The average Bonchev–Trinajstić information content (AvgIpc) is 2.10. The highest BCUT2D eigenvalue weighted by Gasteiger charge is 2.18. The minimum absolute atomic E-state index is 0.210. The molecule has 0 heterocycles. The van der Waals surface area contributed by atoms with Crippen molar-refractivity contribution in [3.8, 4) is 0 Å². The van der Waals surface area contributed by atoms with E-state index >= 15 is 0 Å². The normalized spacial score (nSPS) is 15.5. The summed E-state index contributed by atoms with van der Waals surface area (Å²) in [6.07, 6.45) is 3.26. The minimum Gasteiger partial charge on any atom is -0.480 e. The van der Waals surface area contributed by atoms with Crippen molar-refractivity contribution in [3.05, 3.63) is 0 Å². The van der Waals surface area contributed by atoms with Crippen LogP contribution in [0.15, 0.2) is 0 Å². The van der Waals surface area contributed by atoms with Crippen LogP contribution in [0.5, 0.6) is 0 Å². The molecule has 86 valence electrons. The van der Waals surface area contributed by atoms with Crippen LogP contribution in [-0.4, -0.2) is 42.9 Å². The van der Waals surface area contributed by atoms with Crippen LogP contribution in [0, 0.1) is 0 Å². The van der Waals surface area contributed by atoms with E-state index in [9.17, 15) is 9.59 Å². The molecule has 6 heteroatoms. The van der Waals surface area contributed by atoms with E-state index in [-0.39, 0.29) is 19.2 Å². The number of carbonyl (C=O) groups excluding carboxylic acids is 1. The lowest BCUT2D eigenvalue weighted by Gasteiger charge is -2.26. The number of urea groups is 1. The fraction of sp³-hybridized carbons (Fsp3) is 0.778. The molecule has 0 atom stereocenters. The summed E-state index contributed by atoms with van der Waals surface area (Å²) in [7, 11) is 0. The first-order valence-electron chi connectivity index (χ1n) is 5.02. The molecule has 0 saturated heterocycles. The molecule has 0 aromatic carbocycles. The highest BCUT2D eigenvalue weighted by Crippen LogP contribution is 2.17. The van der Waals surface area contributed by atoms with Crippen LogP contribution in [0.1, 0.15) is 19.3 Å². The molecule has 1 fully saturated rings. The van der Waals surface area contributed by atoms with E-state index < -0.39 is 5.97 Å². The summed E-state index contributed by atoms with van der Waals surface area (Å²) < 4.78 is 4.75. The Morgan fingerprint density at radius 3 is 2.67 bits per heavy atom. The molecule has 0 aromatic rings. The van der Waals surface area contributed by atoms with Gasteiger partial charge in [-0.2, -0.15) is 0 Å². The molecule has 0 unspecified atom stereocenters. The first-order chi connectivity index (χ1) is 7.18. The zero-order chi connectivity index (χ0) is 11.1. The molecule has 1 rings (SSSR count). The number of nitrogens with one attached hydrogen (secondary N) is 2. The van der Waals surface area contributed by atoms with Crippen molar-refractivity contribution in [2.75, 3.05) is 19.8 Å². The van der Waals surface area contributed by atoms with E-state index in [1.807, 2.05) is 0 Å². The van der Waals surface area contributed by atoms with Crippen LogP contribution in [0.3, 0.4) is 0 Å². The van der Waals surface area contributed by atoms with Crippen LogP contribution in [-0.2, 0) is 9.53 Å². The minimum atomic E-state index is -1.01. The summed E-state index contributed by atoms with van der Waals surface area (Å²) in [4.78, 5) is 21.2. The van der Waals surface area contributed by atoms with Gasteiger partial charge in [-0.1, -0.05) is 0 Å². The third-order valence-corrected chi connectivity index (χ3v) is 2.20. The number of hydrogen-bond acceptors (Lipinski definition) is 3. The Hall–Kier alpha value is -1.30. The summed E-state index contributed by atoms with van der Waals surface area (Å²) in [5, 5.41) is 13.6. The van der Waals surface area contributed by atoms with Gasteiger partial charge in [0.1, 0.15) is 6.61 Å². The zero-order valence-corrected chi connectivity index (χ0v) is 8.49. The van der Waals surface area contributed by atoms with E-state index in [4.69, 9.17) is 9.84 Å². The molecule has 1 saturated carbocycles. The van der Waals surface area contributed by atoms with Crippen LogP contribution < -0.4 is 10.6 Å². The van der Waals surface area contributed by atoms with Crippen molar-refractivity contribution in [1.82, 2.24) is 10.6 Å². The third kappa shape index (κ3) is 5.21. The Bertz CT molecular complexity index is 228. The number of amides is 2. The van der Waals surface area contributed by atoms with E-state index in [1.165, 1.54) is 6.42 Å². The molecular formula is C9H16N2O4. The summed E-state index contributed by atoms with van der Waals surface area (Å²) in [5.74, 6) is -1.01. The first-order valence-corrected chi connectivity index (χ1v) is 5.02. The van der Waals surface area contributed by atoms with Gasteiger partial charge in [-0.05, 0) is 19.3 Å². The lowest BCUT2D eigenvalue weighted by Crippen LogP contribution is -2.45. The molecule has 1 aliphatic rings. The monoisotopic (exact) mass is 216 g/mol. The Kier molecular flexibility index (Phi) is 4.89. The SMILES string of the molecule is O=C(O)COCCNC(=O)NC1CCC1. The molecule has 0 spiro atoms. The Morgan fingerprint density at radius 2 is 2.13 bits per heavy atom. The maximum atomic E-state index is 11.1. The van der Waals surface area contributed by atoms with Crippen molar-refractivity contribution >= 4 is 12.0 Å². The predicted molar refractivity (Wildman–Crippen MR) is 52.6 cm³/mol. The third-order valence-electron chi connectivity index (χ3n) is 2.20. The van der Waals surface area contributed by atoms with E-state index in [0.29, 0.717) is 12.6 Å².